The molecule has 0 unspecified atom stereocenters. The molecule has 2 rings (SSSR count). The van der Waals surface area contributed by atoms with E-state index in [0.29, 0.717) is 5.56 Å². The first-order valence-electron chi connectivity index (χ1n) is 6.77. The molecular formula is C14H15ClF3N3O. The van der Waals surface area contributed by atoms with Crippen LogP contribution in [0.15, 0.2) is 18.2 Å². The molecule has 0 saturated carbocycles. The van der Waals surface area contributed by atoms with Crippen LogP contribution >= 0.6 is 11.6 Å². The maximum Gasteiger partial charge on any atom is 0.573 e. The van der Waals surface area contributed by atoms with Crippen molar-refractivity contribution in [1.82, 2.24) is 10.2 Å². The van der Waals surface area contributed by atoms with Crippen molar-refractivity contribution in [2.24, 2.45) is 0 Å². The monoisotopic (exact) mass is 333 g/mol. The van der Waals surface area contributed by atoms with E-state index in [2.05, 4.69) is 21.0 Å². The molecule has 4 nitrogen and oxygen atoms in total. The van der Waals surface area contributed by atoms with Crippen molar-refractivity contribution in [3.05, 3.63) is 28.8 Å². The summed E-state index contributed by atoms with van der Waals surface area (Å²) < 4.78 is 40.6. The van der Waals surface area contributed by atoms with Crippen LogP contribution in [0, 0.1) is 11.3 Å². The summed E-state index contributed by atoms with van der Waals surface area (Å²) in [7, 11) is 0. The normalized spacial score (nSPS) is 17.8. The fourth-order valence-corrected chi connectivity index (χ4v) is 2.70. The minimum Gasteiger partial charge on any atom is -0.404 e. The van der Waals surface area contributed by atoms with E-state index < -0.39 is 12.1 Å². The fraction of sp³-hybridized carbons (Fsp3) is 0.500. The van der Waals surface area contributed by atoms with Crippen molar-refractivity contribution in [2.75, 3.05) is 26.2 Å². The average Bonchev–Trinajstić information content (AvgIpc) is 2.47. The van der Waals surface area contributed by atoms with Gasteiger partial charge in [-0.25, -0.2) is 0 Å². The van der Waals surface area contributed by atoms with Gasteiger partial charge in [-0.15, -0.1) is 13.2 Å². The molecule has 1 aromatic carbocycles. The third-order valence-electron chi connectivity index (χ3n) is 3.44. The molecule has 0 radical (unpaired) electrons. The largest absolute Gasteiger partial charge is 0.573 e. The average molecular weight is 334 g/mol. The van der Waals surface area contributed by atoms with Gasteiger partial charge in [-0.2, -0.15) is 5.26 Å². The SMILES string of the molecule is N#CC[C@H](c1ccc(OC(F)(F)F)c(Cl)c1)N1CCNCC1. The maximum atomic E-state index is 12.3. The molecule has 1 atom stereocenters. The smallest absolute Gasteiger partial charge is 0.404 e. The number of nitriles is 1. The van der Waals surface area contributed by atoms with Crippen LogP contribution in [0.3, 0.4) is 0 Å². The molecule has 1 saturated heterocycles. The van der Waals surface area contributed by atoms with Crippen LogP contribution in [0.25, 0.3) is 0 Å². The number of benzene rings is 1. The van der Waals surface area contributed by atoms with E-state index in [1.165, 1.54) is 18.2 Å². The molecule has 1 aromatic rings. The lowest BCUT2D eigenvalue weighted by atomic mass is 10.0. The van der Waals surface area contributed by atoms with E-state index >= 15 is 0 Å². The van der Waals surface area contributed by atoms with E-state index in [0.717, 1.165) is 26.2 Å². The molecule has 120 valence electrons. The highest BCUT2D eigenvalue weighted by Crippen LogP contribution is 2.34. The van der Waals surface area contributed by atoms with E-state index in [1.54, 1.807) is 0 Å². The lowest BCUT2D eigenvalue weighted by molar-refractivity contribution is -0.274. The van der Waals surface area contributed by atoms with Crippen molar-refractivity contribution in [3.8, 4) is 11.8 Å². The lowest BCUT2D eigenvalue weighted by Crippen LogP contribution is -2.45. The van der Waals surface area contributed by atoms with Crippen LogP contribution in [0.4, 0.5) is 13.2 Å². The van der Waals surface area contributed by atoms with Gasteiger partial charge in [-0.1, -0.05) is 17.7 Å². The van der Waals surface area contributed by atoms with Gasteiger partial charge < -0.3 is 10.1 Å². The van der Waals surface area contributed by atoms with E-state index in [9.17, 15) is 13.2 Å². The van der Waals surface area contributed by atoms with Gasteiger partial charge in [0.1, 0.15) is 5.75 Å². The van der Waals surface area contributed by atoms with Crippen LogP contribution in [0.1, 0.15) is 18.0 Å². The van der Waals surface area contributed by atoms with Gasteiger partial charge >= 0.3 is 6.36 Å². The zero-order chi connectivity index (χ0) is 16.2. The maximum absolute atomic E-state index is 12.3. The van der Waals surface area contributed by atoms with Crippen LogP contribution in [-0.2, 0) is 0 Å². The minimum absolute atomic E-state index is 0.118. The Morgan fingerprint density at radius 3 is 2.59 bits per heavy atom. The first-order chi connectivity index (χ1) is 10.4. The zero-order valence-corrected chi connectivity index (χ0v) is 12.4. The van der Waals surface area contributed by atoms with E-state index in [1.807, 2.05) is 0 Å². The van der Waals surface area contributed by atoms with Crippen molar-refractivity contribution in [2.45, 2.75) is 18.8 Å². The molecular weight excluding hydrogens is 319 g/mol. The summed E-state index contributed by atoms with van der Waals surface area (Å²) in [5.41, 5.74) is 0.711. The standard InChI is InChI=1S/C14H15ClF3N3O/c15-11-9-10(1-2-13(11)22-14(16,17)18)12(3-4-19)21-7-5-20-6-8-21/h1-2,9,12,20H,3,5-8H2/t12-/m1/s1. The van der Waals surface area contributed by atoms with Gasteiger partial charge in [0.2, 0.25) is 0 Å². The predicted molar refractivity (Wildman–Crippen MR) is 75.5 cm³/mol. The second kappa shape index (κ2) is 7.18. The first-order valence-corrected chi connectivity index (χ1v) is 7.15. The molecule has 1 aliphatic rings. The first kappa shape index (κ1) is 16.9. The summed E-state index contributed by atoms with van der Waals surface area (Å²) in [4.78, 5) is 2.12. The number of halogens is 4. The number of alkyl halides is 3. The Kier molecular flexibility index (Phi) is 5.51. The summed E-state index contributed by atoms with van der Waals surface area (Å²) in [6.07, 6.45) is -4.54. The van der Waals surface area contributed by atoms with Crippen molar-refractivity contribution >= 4 is 11.6 Å². The molecule has 0 aromatic heterocycles. The summed E-state index contributed by atoms with van der Waals surface area (Å²) >= 11 is 5.88. The van der Waals surface area contributed by atoms with Crippen molar-refractivity contribution in [1.29, 1.82) is 5.26 Å². The van der Waals surface area contributed by atoms with Gasteiger partial charge in [-0.05, 0) is 17.7 Å². The second-order valence-corrected chi connectivity index (χ2v) is 5.31. The Hall–Kier alpha value is -1.49. The van der Waals surface area contributed by atoms with Gasteiger partial charge in [0, 0.05) is 32.2 Å². The number of nitrogens with zero attached hydrogens (tertiary/aromatic N) is 2. The highest BCUT2D eigenvalue weighted by atomic mass is 35.5. The quantitative estimate of drug-likeness (QED) is 0.920. The molecule has 1 aliphatic heterocycles. The Morgan fingerprint density at radius 2 is 2.05 bits per heavy atom. The number of rotatable bonds is 4. The Bertz CT molecular complexity index is 553. The van der Waals surface area contributed by atoms with Gasteiger partial charge in [0.15, 0.2) is 0 Å². The molecule has 0 bridgehead atoms. The van der Waals surface area contributed by atoms with Gasteiger partial charge in [0.05, 0.1) is 17.5 Å². The van der Waals surface area contributed by atoms with E-state index in [-0.39, 0.29) is 17.5 Å². The topological polar surface area (TPSA) is 48.3 Å². The summed E-state index contributed by atoms with van der Waals surface area (Å²) in [6, 6.07) is 6.08. The molecule has 0 amide bonds. The van der Waals surface area contributed by atoms with Crippen LogP contribution in [-0.4, -0.2) is 37.4 Å². The summed E-state index contributed by atoms with van der Waals surface area (Å²) in [5.74, 6) is -0.436. The number of ether oxygens (including phenoxy) is 1. The molecule has 8 heteroatoms. The Morgan fingerprint density at radius 1 is 1.36 bits per heavy atom. The van der Waals surface area contributed by atoms with Crippen LogP contribution in [0.5, 0.6) is 5.75 Å². The van der Waals surface area contributed by atoms with Crippen molar-refractivity contribution in [3.63, 3.8) is 0 Å². The summed E-state index contributed by atoms with van der Waals surface area (Å²) in [6.45, 7) is 3.16. The Balaban J connectivity index is 2.21. The third kappa shape index (κ3) is 4.50. The fourth-order valence-electron chi connectivity index (χ4n) is 2.47. The van der Waals surface area contributed by atoms with Gasteiger partial charge in [-0.3, -0.25) is 4.90 Å². The van der Waals surface area contributed by atoms with Crippen LogP contribution < -0.4 is 10.1 Å². The predicted octanol–water partition coefficient (Wildman–Crippen LogP) is 3.10. The number of hydrogen-bond donors (Lipinski definition) is 1. The third-order valence-corrected chi connectivity index (χ3v) is 3.74. The van der Waals surface area contributed by atoms with Crippen LogP contribution in [0.2, 0.25) is 5.02 Å². The molecule has 0 aliphatic carbocycles. The lowest BCUT2D eigenvalue weighted by Gasteiger charge is -2.34. The highest BCUT2D eigenvalue weighted by molar-refractivity contribution is 6.32. The van der Waals surface area contributed by atoms with Crippen molar-refractivity contribution < 1.29 is 17.9 Å². The molecule has 1 N–H and O–H groups in total. The Labute approximate surface area is 131 Å². The summed E-state index contributed by atoms with van der Waals surface area (Å²) in [5, 5.41) is 12.1. The molecule has 1 fully saturated rings. The number of piperazine rings is 1. The van der Waals surface area contributed by atoms with E-state index in [4.69, 9.17) is 16.9 Å². The molecule has 1 heterocycles. The van der Waals surface area contributed by atoms with Gasteiger partial charge in [0.25, 0.3) is 0 Å². The zero-order valence-electron chi connectivity index (χ0n) is 11.7. The molecule has 0 spiro atoms. The molecule has 22 heavy (non-hydrogen) atoms. The second-order valence-electron chi connectivity index (χ2n) is 4.90. The highest BCUT2D eigenvalue weighted by Gasteiger charge is 2.32. The number of hydrogen-bond acceptors (Lipinski definition) is 4. The number of nitrogens with one attached hydrogen (secondary N) is 1. The minimum atomic E-state index is -4.78.